The number of carboxylic acids is 1. The average Bonchev–Trinajstić information content (AvgIpc) is 2.85. The fourth-order valence-corrected chi connectivity index (χ4v) is 1.80. The van der Waals surface area contributed by atoms with Crippen LogP contribution in [-0.4, -0.2) is 16.1 Å². The molecule has 2 rings (SSSR count). The summed E-state index contributed by atoms with van der Waals surface area (Å²) in [6.45, 7) is 0.465. The second-order valence-corrected chi connectivity index (χ2v) is 4.34. The number of carboxylic acid groups (broad SMARTS) is 1. The predicted molar refractivity (Wildman–Crippen MR) is 69.5 cm³/mol. The van der Waals surface area contributed by atoms with Gasteiger partial charge in [0, 0.05) is 23.5 Å². The zero-order valence-corrected chi connectivity index (χ0v) is 10.3. The van der Waals surface area contributed by atoms with Gasteiger partial charge in [-0.1, -0.05) is 23.7 Å². The molecule has 3 N–H and O–H groups in total. The number of halogens is 1. The van der Waals surface area contributed by atoms with Crippen molar-refractivity contribution in [1.29, 1.82) is 0 Å². The summed E-state index contributed by atoms with van der Waals surface area (Å²) in [5, 5.41) is 12.8. The van der Waals surface area contributed by atoms with Crippen molar-refractivity contribution in [2.24, 2.45) is 0 Å². The Bertz CT molecular complexity index is 508. The van der Waals surface area contributed by atoms with Gasteiger partial charge in [-0.15, -0.1) is 0 Å². The molecule has 1 unspecified atom stereocenters. The molecule has 1 atom stereocenters. The molecule has 5 heteroatoms. The molecule has 2 aromatic rings. The minimum absolute atomic E-state index is 0.465. The van der Waals surface area contributed by atoms with Crippen LogP contribution in [0, 0.1) is 0 Å². The third kappa shape index (κ3) is 3.12. The van der Waals surface area contributed by atoms with E-state index in [1.165, 1.54) is 0 Å². The molecule has 0 bridgehead atoms. The molecule has 0 saturated heterocycles. The van der Waals surface area contributed by atoms with E-state index in [1.54, 1.807) is 30.5 Å². The van der Waals surface area contributed by atoms with Crippen LogP contribution in [0.1, 0.15) is 17.3 Å². The molecule has 1 aromatic carbocycles. The first-order valence-electron chi connectivity index (χ1n) is 5.51. The maximum Gasteiger partial charge on any atom is 0.326 e. The minimum atomic E-state index is -0.911. The zero-order chi connectivity index (χ0) is 13.0. The Hall–Kier alpha value is -1.78. The van der Waals surface area contributed by atoms with Crippen molar-refractivity contribution < 1.29 is 9.90 Å². The highest BCUT2D eigenvalue weighted by Crippen LogP contribution is 2.13. The Morgan fingerprint density at radius 2 is 2.06 bits per heavy atom. The number of benzene rings is 1. The molecule has 0 aliphatic heterocycles. The first-order chi connectivity index (χ1) is 8.66. The van der Waals surface area contributed by atoms with E-state index in [9.17, 15) is 4.79 Å². The summed E-state index contributed by atoms with van der Waals surface area (Å²) in [6.07, 6.45) is 1.70. The molecule has 0 saturated carbocycles. The van der Waals surface area contributed by atoms with Crippen LogP contribution in [0.25, 0.3) is 0 Å². The number of hydrogen-bond acceptors (Lipinski definition) is 2. The lowest BCUT2D eigenvalue weighted by molar-refractivity contribution is -0.139. The molecule has 0 aliphatic carbocycles. The molecule has 18 heavy (non-hydrogen) atoms. The Morgan fingerprint density at radius 1 is 1.33 bits per heavy atom. The summed E-state index contributed by atoms with van der Waals surface area (Å²) in [6, 6.07) is 10.1. The molecular weight excluding hydrogens is 252 g/mol. The largest absolute Gasteiger partial charge is 0.480 e. The van der Waals surface area contributed by atoms with Crippen LogP contribution in [0.4, 0.5) is 0 Å². The first-order valence-corrected chi connectivity index (χ1v) is 5.88. The monoisotopic (exact) mass is 264 g/mol. The van der Waals surface area contributed by atoms with Crippen LogP contribution < -0.4 is 5.32 Å². The quantitative estimate of drug-likeness (QED) is 0.778. The van der Waals surface area contributed by atoms with Gasteiger partial charge in [0.05, 0.1) is 0 Å². The summed E-state index contributed by atoms with van der Waals surface area (Å²) >= 11 is 5.79. The number of aliphatic carboxylic acids is 1. The molecule has 0 radical (unpaired) electrons. The van der Waals surface area contributed by atoms with E-state index in [-0.39, 0.29) is 0 Å². The molecule has 1 heterocycles. The maximum absolute atomic E-state index is 11.2. The van der Waals surface area contributed by atoms with Crippen molar-refractivity contribution in [3.63, 3.8) is 0 Å². The van der Waals surface area contributed by atoms with Crippen LogP contribution in [-0.2, 0) is 11.3 Å². The number of hydrogen-bond donors (Lipinski definition) is 3. The predicted octanol–water partition coefficient (Wildman–Crippen LogP) is 2.58. The van der Waals surface area contributed by atoms with E-state index >= 15 is 0 Å². The van der Waals surface area contributed by atoms with Crippen molar-refractivity contribution in [3.8, 4) is 0 Å². The molecule has 0 fully saturated rings. The molecule has 4 nitrogen and oxygen atoms in total. The van der Waals surface area contributed by atoms with Crippen molar-refractivity contribution >= 4 is 17.6 Å². The lowest BCUT2D eigenvalue weighted by atomic mass is 10.1. The van der Waals surface area contributed by atoms with Crippen molar-refractivity contribution in [2.75, 3.05) is 0 Å². The van der Waals surface area contributed by atoms with Crippen molar-refractivity contribution in [2.45, 2.75) is 12.6 Å². The van der Waals surface area contributed by atoms with Gasteiger partial charge in [0.2, 0.25) is 0 Å². The number of rotatable bonds is 5. The number of carbonyl (C=O) groups is 1. The Labute approximate surface area is 110 Å². The van der Waals surface area contributed by atoms with Gasteiger partial charge in [-0.2, -0.15) is 0 Å². The molecule has 0 aliphatic rings. The van der Waals surface area contributed by atoms with E-state index in [4.69, 9.17) is 16.7 Å². The summed E-state index contributed by atoms with van der Waals surface area (Å²) < 4.78 is 0. The summed E-state index contributed by atoms with van der Waals surface area (Å²) in [4.78, 5) is 14.1. The van der Waals surface area contributed by atoms with Gasteiger partial charge in [0.25, 0.3) is 0 Å². The van der Waals surface area contributed by atoms with Crippen molar-refractivity contribution in [1.82, 2.24) is 10.3 Å². The van der Waals surface area contributed by atoms with Gasteiger partial charge in [-0.05, 0) is 29.8 Å². The third-order valence-corrected chi connectivity index (χ3v) is 2.86. The lowest BCUT2D eigenvalue weighted by Gasteiger charge is -2.13. The van der Waals surface area contributed by atoms with Gasteiger partial charge in [-0.3, -0.25) is 10.1 Å². The van der Waals surface area contributed by atoms with Crippen LogP contribution in [0.3, 0.4) is 0 Å². The maximum atomic E-state index is 11.2. The minimum Gasteiger partial charge on any atom is -0.480 e. The molecule has 0 amide bonds. The smallest absolute Gasteiger partial charge is 0.326 e. The van der Waals surface area contributed by atoms with Crippen LogP contribution in [0.5, 0.6) is 0 Å². The molecule has 94 valence electrons. The van der Waals surface area contributed by atoms with E-state index < -0.39 is 12.0 Å². The fraction of sp³-hybridized carbons (Fsp3) is 0.154. The Morgan fingerprint density at radius 3 is 2.61 bits per heavy atom. The average molecular weight is 265 g/mol. The lowest BCUT2D eigenvalue weighted by Crippen LogP contribution is -2.28. The topological polar surface area (TPSA) is 65.1 Å². The Kier molecular flexibility index (Phi) is 4.02. The molecule has 0 spiro atoms. The number of aromatic nitrogens is 1. The molecule has 1 aromatic heterocycles. The SMILES string of the molecule is O=C(O)C(NCc1ccc(Cl)cc1)c1ccc[nH]1. The number of H-pyrrole nitrogens is 1. The highest BCUT2D eigenvalue weighted by molar-refractivity contribution is 6.30. The van der Waals surface area contributed by atoms with Gasteiger partial charge < -0.3 is 10.1 Å². The van der Waals surface area contributed by atoms with Crippen molar-refractivity contribution in [3.05, 3.63) is 58.9 Å². The second kappa shape index (κ2) is 5.71. The first kappa shape index (κ1) is 12.7. The van der Waals surface area contributed by atoms with Gasteiger partial charge in [0.1, 0.15) is 6.04 Å². The van der Waals surface area contributed by atoms with Crippen LogP contribution in [0.2, 0.25) is 5.02 Å². The van der Waals surface area contributed by atoms with E-state index in [0.29, 0.717) is 17.3 Å². The summed E-state index contributed by atoms with van der Waals surface area (Å²) in [7, 11) is 0. The second-order valence-electron chi connectivity index (χ2n) is 3.90. The zero-order valence-electron chi connectivity index (χ0n) is 9.56. The van der Waals surface area contributed by atoms with Crippen LogP contribution >= 0.6 is 11.6 Å². The highest BCUT2D eigenvalue weighted by atomic mass is 35.5. The summed E-state index contributed by atoms with van der Waals surface area (Å²) in [5.41, 5.74) is 1.62. The van der Waals surface area contributed by atoms with Gasteiger partial charge in [-0.25, -0.2) is 0 Å². The number of nitrogens with one attached hydrogen (secondary N) is 2. The summed E-state index contributed by atoms with van der Waals surface area (Å²) in [5.74, 6) is -0.911. The fourth-order valence-electron chi connectivity index (χ4n) is 1.68. The normalized spacial score (nSPS) is 12.3. The van der Waals surface area contributed by atoms with Gasteiger partial charge >= 0.3 is 5.97 Å². The Balaban J connectivity index is 2.02. The highest BCUT2D eigenvalue weighted by Gasteiger charge is 2.19. The number of aromatic amines is 1. The molecular formula is C13H13ClN2O2. The van der Waals surface area contributed by atoms with E-state index in [0.717, 1.165) is 5.56 Å². The standard InChI is InChI=1S/C13H13ClN2O2/c14-10-5-3-9(4-6-10)8-16-12(13(17)18)11-2-1-7-15-11/h1-7,12,15-16H,8H2,(H,17,18). The van der Waals surface area contributed by atoms with Gasteiger partial charge in [0.15, 0.2) is 0 Å². The van der Waals surface area contributed by atoms with E-state index in [2.05, 4.69) is 10.3 Å². The van der Waals surface area contributed by atoms with Crippen LogP contribution in [0.15, 0.2) is 42.6 Å². The third-order valence-electron chi connectivity index (χ3n) is 2.60. The van der Waals surface area contributed by atoms with E-state index in [1.807, 2.05) is 12.1 Å².